The summed E-state index contributed by atoms with van der Waals surface area (Å²) in [6, 6.07) is 6.67. The van der Waals surface area contributed by atoms with Crippen LogP contribution in [0.5, 0.6) is 0 Å². The number of nitrogens with zero attached hydrogens (tertiary/aromatic N) is 2. The first-order chi connectivity index (χ1) is 24.0. The zero-order chi connectivity index (χ0) is 38.6. The summed E-state index contributed by atoms with van der Waals surface area (Å²) in [5, 5.41) is 19.8. The summed E-state index contributed by atoms with van der Waals surface area (Å²) < 4.78 is 11.9. The largest absolute Gasteiger partial charge is 0.386 e. The molecule has 1 saturated heterocycles. The molecule has 4 N–H and O–H groups in total. The van der Waals surface area contributed by atoms with Crippen LogP contribution in [-0.4, -0.2) is 116 Å². The number of likely N-dealkylation sites (tertiary alicyclic amines) is 1. The van der Waals surface area contributed by atoms with Gasteiger partial charge in [0.15, 0.2) is 0 Å². The quantitative estimate of drug-likeness (QED) is 0.160. The molecule has 0 bridgehead atoms. The number of benzene rings is 1. The minimum Gasteiger partial charge on any atom is -0.386 e. The smallest absolute Gasteiger partial charge is 0.245 e. The number of methoxy groups -OCH3 is 2. The maximum absolute atomic E-state index is 14.1. The number of carbonyl (C=O) groups excluding carboxylic acids is 4. The molecule has 1 aromatic carbocycles. The highest BCUT2D eigenvalue weighted by Crippen LogP contribution is 2.30. The molecule has 10 atom stereocenters. The number of amides is 4. The van der Waals surface area contributed by atoms with E-state index in [1.54, 1.807) is 52.0 Å². The van der Waals surface area contributed by atoms with E-state index in [2.05, 4.69) is 16.0 Å². The van der Waals surface area contributed by atoms with Crippen molar-refractivity contribution in [2.75, 3.05) is 34.9 Å². The van der Waals surface area contributed by atoms with Gasteiger partial charge in [-0.3, -0.25) is 19.2 Å². The van der Waals surface area contributed by atoms with Gasteiger partial charge in [-0.2, -0.15) is 0 Å². The maximum atomic E-state index is 14.1. The number of hydrogen-bond donors (Lipinski definition) is 4. The van der Waals surface area contributed by atoms with Crippen molar-refractivity contribution in [2.24, 2.45) is 23.7 Å². The van der Waals surface area contributed by atoms with E-state index in [-0.39, 0.29) is 53.8 Å². The lowest BCUT2D eigenvalue weighted by Crippen LogP contribution is -2.59. The van der Waals surface area contributed by atoms with Gasteiger partial charge < -0.3 is 40.3 Å². The van der Waals surface area contributed by atoms with Gasteiger partial charge in [0.25, 0.3) is 0 Å². The predicted octanol–water partition coefficient (Wildman–Crippen LogP) is 3.53. The van der Waals surface area contributed by atoms with Crippen LogP contribution in [0.25, 0.3) is 0 Å². The Kier molecular flexibility index (Phi) is 18.0. The second-order valence-corrected chi connectivity index (χ2v) is 15.0. The number of aliphatic hydroxyl groups is 1. The molecule has 0 aliphatic carbocycles. The van der Waals surface area contributed by atoms with Gasteiger partial charge in [0.2, 0.25) is 23.6 Å². The third-order valence-corrected chi connectivity index (χ3v) is 10.7. The van der Waals surface area contributed by atoms with Crippen molar-refractivity contribution in [3.63, 3.8) is 0 Å². The van der Waals surface area contributed by atoms with Crippen LogP contribution >= 0.6 is 0 Å². The van der Waals surface area contributed by atoms with Gasteiger partial charge in [0.1, 0.15) is 6.04 Å². The molecular formula is C39H67N5O7. The van der Waals surface area contributed by atoms with Gasteiger partial charge in [-0.15, -0.1) is 0 Å². The van der Waals surface area contributed by atoms with Gasteiger partial charge in [0, 0.05) is 27.8 Å². The zero-order valence-corrected chi connectivity index (χ0v) is 33.1. The van der Waals surface area contributed by atoms with E-state index in [0.717, 1.165) is 12.8 Å². The van der Waals surface area contributed by atoms with E-state index in [1.165, 1.54) is 0 Å². The lowest BCUT2D eigenvalue weighted by atomic mass is 9.89. The molecule has 12 nitrogen and oxygen atoms in total. The summed E-state index contributed by atoms with van der Waals surface area (Å²) in [6.45, 7) is 15.9. The van der Waals surface area contributed by atoms with Gasteiger partial charge in [-0.25, -0.2) is 0 Å². The molecule has 51 heavy (non-hydrogen) atoms. The van der Waals surface area contributed by atoms with Gasteiger partial charge >= 0.3 is 0 Å². The van der Waals surface area contributed by atoms with Crippen LogP contribution in [0.3, 0.4) is 0 Å². The molecule has 1 heterocycles. The molecule has 1 aromatic rings. The van der Waals surface area contributed by atoms with Crippen LogP contribution in [-0.2, 0) is 28.7 Å². The SMILES string of the molecule is CC[C@H](C)[C@H]([C@H](CC(=O)N1CCC[C@@H]1[C@@H](OC)[C@H](C)C(=O)N[C@@H](C)[C@H](O)c1ccccc1)OC)N(C)C(=O)[C@H](NC(=O)[C@H](NC)C(C)C)C(C)C. The monoisotopic (exact) mass is 718 g/mol. The van der Waals surface area contributed by atoms with E-state index < -0.39 is 48.4 Å². The number of nitrogens with one attached hydrogen (secondary N) is 3. The van der Waals surface area contributed by atoms with E-state index in [9.17, 15) is 24.3 Å². The van der Waals surface area contributed by atoms with Crippen molar-refractivity contribution >= 4 is 23.6 Å². The number of ether oxygens (including phenoxy) is 2. The van der Waals surface area contributed by atoms with Gasteiger partial charge in [-0.05, 0) is 50.1 Å². The van der Waals surface area contributed by atoms with Gasteiger partial charge in [0.05, 0.1) is 54.8 Å². The van der Waals surface area contributed by atoms with Crippen LogP contribution in [0.4, 0.5) is 0 Å². The summed E-state index contributed by atoms with van der Waals surface area (Å²) in [5.74, 6) is -1.62. The number of hydrogen-bond acceptors (Lipinski definition) is 8. The molecule has 1 aliphatic heterocycles. The number of carbonyl (C=O) groups is 4. The van der Waals surface area contributed by atoms with E-state index in [0.29, 0.717) is 18.5 Å². The first-order valence-electron chi connectivity index (χ1n) is 18.7. The topological polar surface area (TPSA) is 150 Å². The maximum Gasteiger partial charge on any atom is 0.245 e. The van der Waals surface area contributed by atoms with Crippen molar-refractivity contribution in [3.8, 4) is 0 Å². The van der Waals surface area contributed by atoms with Crippen LogP contribution in [0.2, 0.25) is 0 Å². The second-order valence-electron chi connectivity index (χ2n) is 15.0. The fraction of sp³-hybridized carbons (Fsp3) is 0.744. The molecule has 0 aromatic heterocycles. The lowest BCUT2D eigenvalue weighted by Gasteiger charge is -2.41. The summed E-state index contributed by atoms with van der Waals surface area (Å²) >= 11 is 0. The van der Waals surface area contributed by atoms with E-state index >= 15 is 0 Å². The molecule has 0 radical (unpaired) electrons. The first kappa shape index (κ1) is 44.1. The summed E-state index contributed by atoms with van der Waals surface area (Å²) in [6.07, 6.45) is 0.147. The second kappa shape index (κ2) is 20.8. The van der Waals surface area contributed by atoms with Crippen LogP contribution in [0.15, 0.2) is 30.3 Å². The molecule has 290 valence electrons. The number of aliphatic hydroxyl groups excluding tert-OH is 1. The number of likely N-dealkylation sites (N-methyl/N-ethyl adjacent to an activating group) is 2. The summed E-state index contributed by atoms with van der Waals surface area (Å²) in [4.78, 5) is 58.3. The fourth-order valence-electron chi connectivity index (χ4n) is 7.42. The molecule has 0 saturated carbocycles. The van der Waals surface area contributed by atoms with Crippen molar-refractivity contribution in [1.29, 1.82) is 0 Å². The normalized spacial score (nSPS) is 20.1. The average Bonchev–Trinajstić information content (AvgIpc) is 3.59. The van der Waals surface area contributed by atoms with Gasteiger partial charge in [-0.1, -0.05) is 85.2 Å². The number of rotatable bonds is 20. The van der Waals surface area contributed by atoms with Crippen molar-refractivity contribution in [2.45, 2.75) is 130 Å². The lowest BCUT2D eigenvalue weighted by molar-refractivity contribution is -0.148. The Balaban J connectivity index is 2.24. The molecule has 0 spiro atoms. The van der Waals surface area contributed by atoms with Crippen molar-refractivity contribution < 1.29 is 33.8 Å². The van der Waals surface area contributed by atoms with Crippen molar-refractivity contribution in [1.82, 2.24) is 25.8 Å². The first-order valence-corrected chi connectivity index (χ1v) is 18.7. The molecule has 0 unspecified atom stereocenters. The standard InChI is InChI=1S/C39H67N5O7/c1-13-25(6)34(43(10)39(49)33(24(4)5)42-38(48)32(40-9)23(2)3)30(50-11)22-31(45)44-21-17-20-29(44)36(51-12)26(7)37(47)41-27(8)35(46)28-18-15-14-16-19-28/h14-16,18-19,23-27,29-30,32-36,40,46H,13,17,20-22H2,1-12H3,(H,41,47)(H,42,48)/t25-,26-,27-,29+,30-,32+,33+,34+,35-,36-/m0/s1. The Hall–Kier alpha value is -3.06. The third-order valence-electron chi connectivity index (χ3n) is 10.7. The van der Waals surface area contributed by atoms with Crippen LogP contribution in [0.1, 0.15) is 92.7 Å². The molecule has 4 amide bonds. The van der Waals surface area contributed by atoms with E-state index in [4.69, 9.17) is 9.47 Å². The Bertz CT molecular complexity index is 1250. The molecule has 2 rings (SSSR count). The predicted molar refractivity (Wildman–Crippen MR) is 200 cm³/mol. The Morgan fingerprint density at radius 2 is 1.53 bits per heavy atom. The Morgan fingerprint density at radius 3 is 2.04 bits per heavy atom. The minimum absolute atomic E-state index is 0.0148. The van der Waals surface area contributed by atoms with E-state index in [1.807, 2.05) is 71.9 Å². The van der Waals surface area contributed by atoms with Crippen LogP contribution in [0, 0.1) is 23.7 Å². The highest BCUT2D eigenvalue weighted by atomic mass is 16.5. The zero-order valence-electron chi connectivity index (χ0n) is 33.1. The molecule has 1 fully saturated rings. The highest BCUT2D eigenvalue weighted by molar-refractivity contribution is 5.90. The van der Waals surface area contributed by atoms with Crippen LogP contribution < -0.4 is 16.0 Å². The Labute approximate surface area is 306 Å². The highest BCUT2D eigenvalue weighted by Gasteiger charge is 2.43. The van der Waals surface area contributed by atoms with Crippen molar-refractivity contribution in [3.05, 3.63) is 35.9 Å². The summed E-state index contributed by atoms with van der Waals surface area (Å²) in [5.41, 5.74) is 0.711. The minimum atomic E-state index is -0.875. The molecular weight excluding hydrogens is 650 g/mol. The molecule has 12 heteroatoms. The molecule has 1 aliphatic rings. The fourth-order valence-corrected chi connectivity index (χ4v) is 7.42. The Morgan fingerprint density at radius 1 is 0.922 bits per heavy atom. The average molecular weight is 718 g/mol. The third kappa shape index (κ3) is 11.5. The summed E-state index contributed by atoms with van der Waals surface area (Å²) in [7, 11) is 6.57.